The maximum atomic E-state index is 12.2. The summed E-state index contributed by atoms with van der Waals surface area (Å²) >= 11 is 0. The van der Waals surface area contributed by atoms with Crippen LogP contribution in [0.1, 0.15) is 50.9 Å². The fraction of sp³-hybridized carbons (Fsp3) is 0.588. The summed E-state index contributed by atoms with van der Waals surface area (Å²) in [4.78, 5) is 14.4. The second kappa shape index (κ2) is 8.55. The normalized spacial score (nSPS) is 10.7. The van der Waals surface area contributed by atoms with Crippen molar-refractivity contribution in [3.8, 4) is 0 Å². The van der Waals surface area contributed by atoms with Gasteiger partial charge in [-0.2, -0.15) is 0 Å². The van der Waals surface area contributed by atoms with Crippen LogP contribution in [0.3, 0.4) is 0 Å². The Bertz CT molecular complexity index is 456. The molecule has 4 nitrogen and oxygen atoms in total. The molecular weight excluding hydrogens is 264 g/mol. The van der Waals surface area contributed by atoms with E-state index in [1.54, 1.807) is 6.07 Å². The molecule has 4 heteroatoms. The molecule has 0 amide bonds. The Labute approximate surface area is 128 Å². The van der Waals surface area contributed by atoms with Crippen LogP contribution < -0.4 is 10.6 Å². The second-order valence-electron chi connectivity index (χ2n) is 5.22. The van der Waals surface area contributed by atoms with Crippen LogP contribution in [0.2, 0.25) is 0 Å². The first kappa shape index (κ1) is 17.3. The third kappa shape index (κ3) is 4.66. The molecule has 0 spiro atoms. The third-order valence-corrected chi connectivity index (χ3v) is 3.87. The van der Waals surface area contributed by atoms with Gasteiger partial charge in [0.05, 0.1) is 17.9 Å². The Kier molecular flexibility index (Phi) is 7.06. The summed E-state index contributed by atoms with van der Waals surface area (Å²) in [6.45, 7) is 10.5. The van der Waals surface area contributed by atoms with E-state index in [1.807, 2.05) is 19.1 Å². The predicted molar refractivity (Wildman–Crippen MR) is 88.8 cm³/mol. The molecule has 0 saturated heterocycles. The number of anilines is 2. The highest BCUT2D eigenvalue weighted by Crippen LogP contribution is 2.26. The van der Waals surface area contributed by atoms with Crippen LogP contribution in [0.4, 0.5) is 11.4 Å². The number of carbonyl (C=O) groups is 1. The van der Waals surface area contributed by atoms with Gasteiger partial charge in [-0.05, 0) is 38.0 Å². The van der Waals surface area contributed by atoms with E-state index < -0.39 is 0 Å². The van der Waals surface area contributed by atoms with E-state index in [0.29, 0.717) is 23.8 Å². The van der Waals surface area contributed by atoms with Crippen LogP contribution in [0.15, 0.2) is 18.2 Å². The van der Waals surface area contributed by atoms with Crippen molar-refractivity contribution in [3.63, 3.8) is 0 Å². The number of nitrogens with two attached hydrogens (primary N) is 1. The van der Waals surface area contributed by atoms with Crippen molar-refractivity contribution in [2.75, 3.05) is 30.3 Å². The minimum absolute atomic E-state index is 0.303. The highest BCUT2D eigenvalue weighted by molar-refractivity contribution is 5.97. The van der Waals surface area contributed by atoms with E-state index in [9.17, 15) is 4.79 Å². The number of esters is 1. The first-order valence-electron chi connectivity index (χ1n) is 7.88. The monoisotopic (exact) mass is 292 g/mol. The van der Waals surface area contributed by atoms with E-state index in [4.69, 9.17) is 10.5 Å². The minimum atomic E-state index is -0.303. The van der Waals surface area contributed by atoms with Gasteiger partial charge >= 0.3 is 5.97 Å². The molecule has 0 radical (unpaired) electrons. The number of hydrogen-bond acceptors (Lipinski definition) is 4. The van der Waals surface area contributed by atoms with Crippen LogP contribution >= 0.6 is 0 Å². The lowest BCUT2D eigenvalue weighted by Gasteiger charge is -2.29. The lowest BCUT2D eigenvalue weighted by Crippen LogP contribution is -2.30. The Hall–Kier alpha value is -1.71. The molecule has 118 valence electrons. The molecule has 0 aliphatic heterocycles. The molecule has 1 aromatic carbocycles. The maximum Gasteiger partial charge on any atom is 0.340 e. The number of carbonyl (C=O) groups excluding carboxylic acids is 1. The van der Waals surface area contributed by atoms with Crippen LogP contribution in [-0.2, 0) is 4.74 Å². The molecule has 0 heterocycles. The predicted octanol–water partition coefficient (Wildman–Crippen LogP) is 3.71. The minimum Gasteiger partial charge on any atom is -0.462 e. The number of nitrogen functional groups attached to an aromatic ring is 1. The highest BCUT2D eigenvalue weighted by Gasteiger charge is 2.19. The fourth-order valence-electron chi connectivity index (χ4n) is 2.46. The van der Waals surface area contributed by atoms with Gasteiger partial charge in [0.15, 0.2) is 0 Å². The van der Waals surface area contributed by atoms with Crippen molar-refractivity contribution in [3.05, 3.63) is 23.8 Å². The Balaban J connectivity index is 3.10. The average molecular weight is 292 g/mol. The van der Waals surface area contributed by atoms with Crippen molar-refractivity contribution in [2.45, 2.75) is 40.5 Å². The quantitative estimate of drug-likeness (QED) is 0.586. The first-order chi connectivity index (χ1) is 10.1. The summed E-state index contributed by atoms with van der Waals surface area (Å²) in [5.74, 6) is 0.320. The van der Waals surface area contributed by atoms with Gasteiger partial charge in [-0.1, -0.05) is 26.7 Å². The SMILES string of the molecule is CCOC(=O)c1cc(N)ccc1N(CC)CC(CC)CC. The number of benzene rings is 1. The number of ether oxygens (including phenoxy) is 1. The molecule has 0 unspecified atom stereocenters. The third-order valence-electron chi connectivity index (χ3n) is 3.87. The molecule has 0 saturated carbocycles. The molecule has 0 aliphatic rings. The van der Waals surface area contributed by atoms with Gasteiger partial charge in [0.1, 0.15) is 0 Å². The number of nitrogens with zero attached hydrogens (tertiary/aromatic N) is 1. The van der Waals surface area contributed by atoms with Crippen LogP contribution in [-0.4, -0.2) is 25.7 Å². The van der Waals surface area contributed by atoms with Crippen molar-refractivity contribution >= 4 is 17.3 Å². The molecule has 1 rings (SSSR count). The molecule has 21 heavy (non-hydrogen) atoms. The number of hydrogen-bond donors (Lipinski definition) is 1. The highest BCUT2D eigenvalue weighted by atomic mass is 16.5. The zero-order valence-electron chi connectivity index (χ0n) is 13.7. The molecule has 0 aliphatic carbocycles. The summed E-state index contributed by atoms with van der Waals surface area (Å²) in [6, 6.07) is 5.48. The van der Waals surface area contributed by atoms with Gasteiger partial charge in [0.2, 0.25) is 0 Å². The van der Waals surface area contributed by atoms with Crippen LogP contribution in [0.5, 0.6) is 0 Å². The Morgan fingerprint density at radius 3 is 2.43 bits per heavy atom. The molecule has 0 atom stereocenters. The lowest BCUT2D eigenvalue weighted by molar-refractivity contribution is 0.0527. The molecule has 0 fully saturated rings. The van der Waals surface area contributed by atoms with Gasteiger partial charge in [-0.25, -0.2) is 4.79 Å². The van der Waals surface area contributed by atoms with E-state index in [2.05, 4.69) is 25.7 Å². The lowest BCUT2D eigenvalue weighted by atomic mass is 10.0. The van der Waals surface area contributed by atoms with Crippen LogP contribution in [0.25, 0.3) is 0 Å². The van der Waals surface area contributed by atoms with E-state index in [1.165, 1.54) is 0 Å². The number of rotatable bonds is 8. The topological polar surface area (TPSA) is 55.6 Å². The summed E-state index contributed by atoms with van der Waals surface area (Å²) < 4.78 is 5.15. The summed E-state index contributed by atoms with van der Waals surface area (Å²) in [7, 11) is 0. The summed E-state index contributed by atoms with van der Waals surface area (Å²) in [6.07, 6.45) is 2.27. The largest absolute Gasteiger partial charge is 0.462 e. The Morgan fingerprint density at radius 2 is 1.90 bits per heavy atom. The van der Waals surface area contributed by atoms with Crippen molar-refractivity contribution in [2.24, 2.45) is 5.92 Å². The standard InChI is InChI=1S/C17H28N2O2/c1-5-13(6-2)12-19(7-3)16-10-9-14(18)11-15(16)17(20)21-8-4/h9-11,13H,5-8,12,18H2,1-4H3. The van der Waals surface area contributed by atoms with Gasteiger partial charge < -0.3 is 15.4 Å². The fourth-order valence-corrected chi connectivity index (χ4v) is 2.46. The molecule has 0 aromatic heterocycles. The van der Waals surface area contributed by atoms with Crippen LogP contribution in [0, 0.1) is 5.92 Å². The molecular formula is C17H28N2O2. The van der Waals surface area contributed by atoms with Gasteiger partial charge in [-0.3, -0.25) is 0 Å². The van der Waals surface area contributed by atoms with E-state index in [0.717, 1.165) is 31.6 Å². The van der Waals surface area contributed by atoms with E-state index in [-0.39, 0.29) is 5.97 Å². The zero-order chi connectivity index (χ0) is 15.8. The summed E-state index contributed by atoms with van der Waals surface area (Å²) in [5.41, 5.74) is 7.89. The zero-order valence-corrected chi connectivity index (χ0v) is 13.7. The average Bonchev–Trinajstić information content (AvgIpc) is 2.49. The second-order valence-corrected chi connectivity index (χ2v) is 5.22. The van der Waals surface area contributed by atoms with Gasteiger partial charge in [-0.15, -0.1) is 0 Å². The Morgan fingerprint density at radius 1 is 1.24 bits per heavy atom. The van der Waals surface area contributed by atoms with Gasteiger partial charge in [0.25, 0.3) is 0 Å². The van der Waals surface area contributed by atoms with Crippen molar-refractivity contribution in [1.82, 2.24) is 0 Å². The van der Waals surface area contributed by atoms with E-state index >= 15 is 0 Å². The van der Waals surface area contributed by atoms with Crippen molar-refractivity contribution < 1.29 is 9.53 Å². The molecule has 0 bridgehead atoms. The van der Waals surface area contributed by atoms with Crippen molar-refractivity contribution in [1.29, 1.82) is 0 Å². The first-order valence-corrected chi connectivity index (χ1v) is 7.88. The smallest absolute Gasteiger partial charge is 0.340 e. The summed E-state index contributed by atoms with van der Waals surface area (Å²) in [5, 5.41) is 0. The molecule has 1 aromatic rings. The van der Waals surface area contributed by atoms with Gasteiger partial charge in [0, 0.05) is 18.8 Å². The maximum absolute atomic E-state index is 12.2. The molecule has 2 N–H and O–H groups in total.